The quantitative estimate of drug-likeness (QED) is 0.836. The minimum absolute atomic E-state index is 0.0504. The van der Waals surface area contributed by atoms with Gasteiger partial charge in [-0.1, -0.05) is 35.5 Å². The molecule has 1 aromatic carbocycles. The first-order valence-electron chi connectivity index (χ1n) is 8.78. The second-order valence-corrected chi connectivity index (χ2v) is 8.15. The van der Waals surface area contributed by atoms with E-state index >= 15 is 0 Å². The monoisotopic (exact) mass is 343 g/mol. The number of piperidine rings is 1. The second-order valence-electron chi connectivity index (χ2n) is 8.15. The third kappa shape index (κ3) is 4.26. The maximum atomic E-state index is 12.4. The van der Waals surface area contributed by atoms with Gasteiger partial charge < -0.3 is 4.74 Å². The lowest BCUT2D eigenvalue weighted by Crippen LogP contribution is -2.59. The molecule has 135 valence electrons. The van der Waals surface area contributed by atoms with Crippen LogP contribution in [0.4, 0.5) is 0 Å². The summed E-state index contributed by atoms with van der Waals surface area (Å²) < 4.78 is 7.89. The number of aromatic nitrogens is 3. The lowest BCUT2D eigenvalue weighted by molar-refractivity contribution is -0.301. The number of nitrogens with zero attached hydrogens (tertiary/aromatic N) is 4. The summed E-state index contributed by atoms with van der Waals surface area (Å²) in [7, 11) is 0. The zero-order valence-electron chi connectivity index (χ0n) is 15.5. The molecule has 0 bridgehead atoms. The van der Waals surface area contributed by atoms with Gasteiger partial charge in [-0.3, -0.25) is 0 Å². The Labute approximate surface area is 149 Å². The Balaban J connectivity index is 1.57. The number of hydroxylamine groups is 2. The van der Waals surface area contributed by atoms with Crippen molar-refractivity contribution in [3.05, 3.63) is 47.8 Å². The first-order chi connectivity index (χ1) is 11.8. The summed E-state index contributed by atoms with van der Waals surface area (Å²) in [5, 5.41) is 22.0. The van der Waals surface area contributed by atoms with E-state index in [1.807, 2.05) is 56.8 Å². The van der Waals surface area contributed by atoms with Gasteiger partial charge in [-0.2, -0.15) is 0 Å². The van der Waals surface area contributed by atoms with Crippen LogP contribution in [0.2, 0.25) is 0 Å². The van der Waals surface area contributed by atoms with Crippen molar-refractivity contribution in [2.24, 2.45) is 0 Å². The fraction of sp³-hybridized carbons (Fsp3) is 0.579. The van der Waals surface area contributed by atoms with Crippen LogP contribution in [0.1, 0.15) is 51.8 Å². The molecule has 1 saturated heterocycles. The molecule has 2 aromatic rings. The van der Waals surface area contributed by atoms with Crippen molar-refractivity contribution in [3.63, 3.8) is 0 Å². The minimum Gasteiger partial charge on any atom is -0.372 e. The Morgan fingerprint density at radius 1 is 1.12 bits per heavy atom. The molecule has 0 N–H and O–H groups in total. The van der Waals surface area contributed by atoms with Gasteiger partial charge in [0, 0.05) is 11.1 Å². The molecule has 0 amide bonds. The van der Waals surface area contributed by atoms with Crippen LogP contribution in [0.5, 0.6) is 0 Å². The highest BCUT2D eigenvalue weighted by atomic mass is 16.5. The van der Waals surface area contributed by atoms with E-state index < -0.39 is 11.1 Å². The third-order valence-electron chi connectivity index (χ3n) is 4.79. The fourth-order valence-electron chi connectivity index (χ4n) is 3.75. The van der Waals surface area contributed by atoms with Crippen LogP contribution >= 0.6 is 0 Å². The molecule has 6 nitrogen and oxygen atoms in total. The number of rotatable bonds is 5. The van der Waals surface area contributed by atoms with Crippen LogP contribution < -0.4 is 0 Å². The van der Waals surface area contributed by atoms with Crippen molar-refractivity contribution >= 4 is 0 Å². The van der Waals surface area contributed by atoms with Gasteiger partial charge in [0.05, 0.1) is 25.5 Å². The van der Waals surface area contributed by atoms with Crippen molar-refractivity contribution < 1.29 is 9.94 Å². The molecule has 0 unspecified atom stereocenters. The van der Waals surface area contributed by atoms with E-state index in [4.69, 9.17) is 4.74 Å². The molecule has 2 heterocycles. The topological polar surface area (TPSA) is 63.1 Å². The molecule has 1 aliphatic rings. The summed E-state index contributed by atoms with van der Waals surface area (Å²) in [6, 6.07) is 10.2. The third-order valence-corrected chi connectivity index (χ3v) is 4.79. The van der Waals surface area contributed by atoms with E-state index in [2.05, 4.69) is 22.4 Å². The molecular formula is C19H27N4O2. The maximum Gasteiger partial charge on any atom is 0.108 e. The summed E-state index contributed by atoms with van der Waals surface area (Å²) in [5.41, 5.74) is 1.16. The fourth-order valence-corrected chi connectivity index (χ4v) is 3.75. The van der Waals surface area contributed by atoms with Crippen molar-refractivity contribution in [1.82, 2.24) is 20.1 Å². The summed E-state index contributed by atoms with van der Waals surface area (Å²) in [4.78, 5) is 0. The lowest BCUT2D eigenvalue weighted by atomic mass is 9.80. The van der Waals surface area contributed by atoms with Crippen molar-refractivity contribution in [3.8, 4) is 0 Å². The molecule has 0 aliphatic carbocycles. The minimum atomic E-state index is -0.419. The molecule has 1 fully saturated rings. The number of ether oxygens (including phenoxy) is 1. The molecule has 6 heteroatoms. The van der Waals surface area contributed by atoms with Crippen molar-refractivity contribution in [2.75, 3.05) is 0 Å². The van der Waals surface area contributed by atoms with Crippen LogP contribution in [0.3, 0.4) is 0 Å². The van der Waals surface area contributed by atoms with Crippen molar-refractivity contribution in [1.29, 1.82) is 0 Å². The number of hydrogen-bond donors (Lipinski definition) is 0. The first-order valence-corrected chi connectivity index (χ1v) is 8.78. The Morgan fingerprint density at radius 3 is 2.40 bits per heavy atom. The van der Waals surface area contributed by atoms with Crippen LogP contribution in [0.15, 0.2) is 36.5 Å². The summed E-state index contributed by atoms with van der Waals surface area (Å²) >= 11 is 0. The lowest BCUT2D eigenvalue weighted by Gasteiger charge is -2.49. The van der Waals surface area contributed by atoms with Gasteiger partial charge >= 0.3 is 0 Å². The van der Waals surface area contributed by atoms with Gasteiger partial charge in [0.2, 0.25) is 0 Å². The smallest absolute Gasteiger partial charge is 0.108 e. The van der Waals surface area contributed by atoms with E-state index in [9.17, 15) is 5.21 Å². The van der Waals surface area contributed by atoms with Crippen LogP contribution in [0.25, 0.3) is 0 Å². The summed E-state index contributed by atoms with van der Waals surface area (Å²) in [6.07, 6.45) is 3.41. The summed E-state index contributed by atoms with van der Waals surface area (Å²) in [6.45, 7) is 9.04. The average molecular weight is 343 g/mol. The molecule has 25 heavy (non-hydrogen) atoms. The molecular weight excluding hydrogens is 316 g/mol. The Bertz CT molecular complexity index is 678. The molecule has 1 aliphatic heterocycles. The van der Waals surface area contributed by atoms with Gasteiger partial charge in [0.15, 0.2) is 0 Å². The molecule has 0 saturated carbocycles. The van der Waals surface area contributed by atoms with Crippen LogP contribution in [-0.4, -0.2) is 37.2 Å². The van der Waals surface area contributed by atoms with Gasteiger partial charge in [-0.05, 0) is 46.1 Å². The van der Waals surface area contributed by atoms with Crippen LogP contribution in [-0.2, 0) is 23.1 Å². The normalized spacial score (nSPS) is 20.7. The standard InChI is InChI=1S/C19H27N4O2/c1-18(2)10-17(11-19(3,4)23(18)24)25-14-16-13-22(21-20-16)12-15-8-6-5-7-9-15/h5-9,13,17H,10-12,14H2,1-4H3. The highest BCUT2D eigenvalue weighted by molar-refractivity contribution is 5.14. The molecule has 3 rings (SSSR count). The zero-order valence-corrected chi connectivity index (χ0v) is 15.5. The first kappa shape index (κ1) is 18.0. The van der Waals surface area contributed by atoms with E-state index in [0.717, 1.165) is 18.5 Å². The highest BCUT2D eigenvalue weighted by Gasteiger charge is 2.46. The highest BCUT2D eigenvalue weighted by Crippen LogP contribution is 2.38. The van der Waals surface area contributed by atoms with Gasteiger partial charge in [0.1, 0.15) is 5.69 Å². The maximum absolute atomic E-state index is 12.4. The van der Waals surface area contributed by atoms with Crippen molar-refractivity contribution in [2.45, 2.75) is 70.9 Å². The second kappa shape index (κ2) is 6.86. The largest absolute Gasteiger partial charge is 0.372 e. The predicted octanol–water partition coefficient (Wildman–Crippen LogP) is 3.21. The molecule has 1 radical (unpaired) electrons. The van der Waals surface area contributed by atoms with Gasteiger partial charge in [-0.25, -0.2) is 4.68 Å². The number of benzene rings is 1. The number of hydrogen-bond acceptors (Lipinski definition) is 4. The van der Waals surface area contributed by atoms with E-state index in [-0.39, 0.29) is 6.10 Å². The Hall–Kier alpha value is -1.76. The van der Waals surface area contributed by atoms with E-state index in [0.29, 0.717) is 13.2 Å². The molecule has 0 atom stereocenters. The summed E-state index contributed by atoms with van der Waals surface area (Å²) in [5.74, 6) is 0. The molecule has 0 spiro atoms. The molecule has 1 aromatic heterocycles. The zero-order chi connectivity index (χ0) is 18.1. The van der Waals surface area contributed by atoms with E-state index in [1.54, 1.807) is 0 Å². The SMILES string of the molecule is CC1(C)CC(OCc2cn(Cc3ccccc3)nn2)CC(C)(C)N1[O]. The van der Waals surface area contributed by atoms with Crippen LogP contribution in [0, 0.1) is 0 Å². The Morgan fingerprint density at radius 2 is 1.76 bits per heavy atom. The Kier molecular flexibility index (Phi) is 4.95. The average Bonchev–Trinajstić information content (AvgIpc) is 2.98. The predicted molar refractivity (Wildman–Crippen MR) is 94.1 cm³/mol. The van der Waals surface area contributed by atoms with Gasteiger partial charge in [0.25, 0.3) is 0 Å². The van der Waals surface area contributed by atoms with Gasteiger partial charge in [-0.15, -0.1) is 15.4 Å². The van der Waals surface area contributed by atoms with E-state index in [1.165, 1.54) is 10.6 Å².